The van der Waals surface area contributed by atoms with Crippen molar-refractivity contribution in [3.63, 3.8) is 0 Å². The molecule has 6 heteroatoms. The molecule has 0 atom stereocenters. The summed E-state index contributed by atoms with van der Waals surface area (Å²) in [5, 5.41) is 0. The van der Waals surface area contributed by atoms with Gasteiger partial charge in [-0.05, 0) is 12.1 Å². The van der Waals surface area contributed by atoms with Gasteiger partial charge in [0.05, 0.1) is 11.9 Å². The number of anilines is 1. The lowest BCUT2D eigenvalue weighted by Crippen LogP contribution is -2.04. The quantitative estimate of drug-likeness (QED) is 0.867. The van der Waals surface area contributed by atoms with Crippen LogP contribution in [0.25, 0.3) is 11.3 Å². The van der Waals surface area contributed by atoms with E-state index in [1.807, 2.05) is 0 Å². The second-order valence-corrected chi connectivity index (χ2v) is 3.99. The molecule has 2 rings (SSSR count). The molecule has 1 aromatic carbocycles. The van der Waals surface area contributed by atoms with Crippen molar-refractivity contribution in [3.05, 3.63) is 48.8 Å². The van der Waals surface area contributed by atoms with Gasteiger partial charge >= 0.3 is 6.18 Å². The Morgan fingerprint density at radius 1 is 1.26 bits per heavy atom. The summed E-state index contributed by atoms with van der Waals surface area (Å²) in [6.07, 6.45) is -1.15. The van der Waals surface area contributed by atoms with Crippen molar-refractivity contribution >= 4 is 5.82 Å². The minimum absolute atomic E-state index is 0.402. The van der Waals surface area contributed by atoms with E-state index in [4.69, 9.17) is 5.73 Å². The fraction of sp³-hybridized carbons (Fsp3) is 0.154. The van der Waals surface area contributed by atoms with Gasteiger partial charge in [0.25, 0.3) is 0 Å². The Balaban J connectivity index is 2.35. The lowest BCUT2D eigenvalue weighted by Gasteiger charge is -2.07. The van der Waals surface area contributed by atoms with E-state index in [0.29, 0.717) is 23.6 Å². The number of benzene rings is 1. The van der Waals surface area contributed by atoms with Crippen molar-refractivity contribution < 1.29 is 13.2 Å². The molecule has 3 nitrogen and oxygen atoms in total. The van der Waals surface area contributed by atoms with E-state index < -0.39 is 11.7 Å². The molecule has 1 aromatic heterocycles. The first-order chi connectivity index (χ1) is 8.93. The Labute approximate surface area is 108 Å². The topological polar surface area (TPSA) is 43.8 Å². The molecule has 1 heterocycles. The van der Waals surface area contributed by atoms with Crippen LogP contribution in [-0.4, -0.2) is 9.55 Å². The molecule has 0 aliphatic carbocycles. The van der Waals surface area contributed by atoms with E-state index in [9.17, 15) is 13.2 Å². The van der Waals surface area contributed by atoms with Crippen molar-refractivity contribution in [2.75, 3.05) is 5.73 Å². The van der Waals surface area contributed by atoms with Gasteiger partial charge in [0, 0.05) is 12.1 Å². The standard InChI is InChI=1S/C13H12F3N3/c1-2-7-19-8-18-11(12(19)17)9-3-5-10(6-4-9)13(14,15)16/h2-6,8H,1,7,17H2. The first-order valence-corrected chi connectivity index (χ1v) is 5.52. The zero-order valence-corrected chi connectivity index (χ0v) is 9.98. The molecule has 0 fully saturated rings. The Kier molecular flexibility index (Phi) is 3.33. The van der Waals surface area contributed by atoms with Crippen molar-refractivity contribution in [1.82, 2.24) is 9.55 Å². The third-order valence-corrected chi connectivity index (χ3v) is 2.69. The molecule has 0 amide bonds. The SMILES string of the molecule is C=CCn1cnc(-c2ccc(C(F)(F)F)cc2)c1N. The highest BCUT2D eigenvalue weighted by Gasteiger charge is 2.30. The summed E-state index contributed by atoms with van der Waals surface area (Å²) in [6, 6.07) is 4.75. The van der Waals surface area contributed by atoms with Gasteiger partial charge in [0.2, 0.25) is 0 Å². The highest BCUT2D eigenvalue weighted by atomic mass is 19.4. The van der Waals surface area contributed by atoms with E-state index in [1.54, 1.807) is 10.6 Å². The number of hydrogen-bond donors (Lipinski definition) is 1. The summed E-state index contributed by atoms with van der Waals surface area (Å²) < 4.78 is 39.0. The van der Waals surface area contributed by atoms with Crippen LogP contribution in [0.2, 0.25) is 0 Å². The van der Waals surface area contributed by atoms with Gasteiger partial charge in [0.15, 0.2) is 0 Å². The molecule has 0 spiro atoms. The summed E-state index contributed by atoms with van der Waals surface area (Å²) >= 11 is 0. The number of halogens is 3. The monoisotopic (exact) mass is 267 g/mol. The third-order valence-electron chi connectivity index (χ3n) is 2.69. The summed E-state index contributed by atoms with van der Waals surface area (Å²) in [5.74, 6) is 0.402. The van der Waals surface area contributed by atoms with Crippen molar-refractivity contribution in [1.29, 1.82) is 0 Å². The average molecular weight is 267 g/mol. The molecule has 19 heavy (non-hydrogen) atoms. The van der Waals surface area contributed by atoms with Gasteiger partial charge in [-0.15, -0.1) is 6.58 Å². The molecule has 100 valence electrons. The Hall–Kier alpha value is -2.24. The maximum absolute atomic E-state index is 12.5. The van der Waals surface area contributed by atoms with Crippen molar-refractivity contribution in [3.8, 4) is 11.3 Å². The van der Waals surface area contributed by atoms with E-state index in [2.05, 4.69) is 11.6 Å². The zero-order valence-electron chi connectivity index (χ0n) is 9.98. The average Bonchev–Trinajstić information content (AvgIpc) is 2.71. The predicted molar refractivity (Wildman–Crippen MR) is 67.3 cm³/mol. The molecule has 0 aliphatic rings. The maximum Gasteiger partial charge on any atom is 0.416 e. The Bertz CT molecular complexity index is 582. The van der Waals surface area contributed by atoms with Gasteiger partial charge in [-0.1, -0.05) is 18.2 Å². The zero-order chi connectivity index (χ0) is 14.0. The fourth-order valence-electron chi connectivity index (χ4n) is 1.72. The van der Waals surface area contributed by atoms with Gasteiger partial charge in [-0.3, -0.25) is 0 Å². The smallest absolute Gasteiger partial charge is 0.383 e. The first-order valence-electron chi connectivity index (χ1n) is 5.52. The van der Waals surface area contributed by atoms with Crippen molar-refractivity contribution in [2.45, 2.75) is 12.7 Å². The second kappa shape index (κ2) is 4.79. The number of allylic oxidation sites excluding steroid dienone is 1. The van der Waals surface area contributed by atoms with E-state index in [-0.39, 0.29) is 0 Å². The molecule has 0 saturated heterocycles. The maximum atomic E-state index is 12.5. The summed E-state index contributed by atoms with van der Waals surface area (Å²) in [4.78, 5) is 4.11. The predicted octanol–water partition coefficient (Wildman–Crippen LogP) is 3.34. The largest absolute Gasteiger partial charge is 0.416 e. The number of rotatable bonds is 3. The summed E-state index contributed by atoms with van der Waals surface area (Å²) in [5.41, 5.74) is 6.20. The normalized spacial score (nSPS) is 11.5. The molecular weight excluding hydrogens is 255 g/mol. The minimum Gasteiger partial charge on any atom is -0.383 e. The number of nitrogens with two attached hydrogens (primary N) is 1. The van der Waals surface area contributed by atoms with Gasteiger partial charge < -0.3 is 10.3 Å². The van der Waals surface area contributed by atoms with Gasteiger partial charge in [-0.25, -0.2) is 4.98 Å². The van der Waals surface area contributed by atoms with Gasteiger partial charge in [0.1, 0.15) is 11.5 Å². The van der Waals surface area contributed by atoms with Crippen LogP contribution in [0.3, 0.4) is 0 Å². The highest BCUT2D eigenvalue weighted by Crippen LogP contribution is 2.31. The molecule has 0 saturated carbocycles. The van der Waals surface area contributed by atoms with Crippen LogP contribution in [0.1, 0.15) is 5.56 Å². The summed E-state index contributed by atoms with van der Waals surface area (Å²) in [6.45, 7) is 4.09. The lowest BCUT2D eigenvalue weighted by molar-refractivity contribution is -0.137. The molecule has 2 aromatic rings. The number of alkyl halides is 3. The molecular formula is C13H12F3N3. The van der Waals surface area contributed by atoms with E-state index in [1.165, 1.54) is 18.5 Å². The minimum atomic E-state index is -4.34. The van der Waals surface area contributed by atoms with Crippen LogP contribution in [0.15, 0.2) is 43.2 Å². The van der Waals surface area contributed by atoms with E-state index in [0.717, 1.165) is 12.1 Å². The molecule has 0 unspecified atom stereocenters. The van der Waals surface area contributed by atoms with E-state index >= 15 is 0 Å². The molecule has 0 bridgehead atoms. The molecule has 0 aliphatic heterocycles. The number of imidazole rings is 1. The lowest BCUT2D eigenvalue weighted by atomic mass is 10.1. The van der Waals surface area contributed by atoms with Crippen LogP contribution >= 0.6 is 0 Å². The first kappa shape index (κ1) is 13.2. The van der Waals surface area contributed by atoms with Crippen LogP contribution < -0.4 is 5.73 Å². The van der Waals surface area contributed by atoms with Crippen LogP contribution in [-0.2, 0) is 12.7 Å². The molecule has 0 radical (unpaired) electrons. The Morgan fingerprint density at radius 2 is 1.89 bits per heavy atom. The third kappa shape index (κ3) is 2.62. The van der Waals surface area contributed by atoms with Crippen molar-refractivity contribution in [2.24, 2.45) is 0 Å². The van der Waals surface area contributed by atoms with Gasteiger partial charge in [-0.2, -0.15) is 13.2 Å². The number of nitrogen functional groups attached to an aromatic ring is 1. The highest BCUT2D eigenvalue weighted by molar-refractivity contribution is 5.70. The Morgan fingerprint density at radius 3 is 2.42 bits per heavy atom. The second-order valence-electron chi connectivity index (χ2n) is 3.99. The molecule has 2 N–H and O–H groups in total. The van der Waals surface area contributed by atoms with Crippen LogP contribution in [0.4, 0.5) is 19.0 Å². The number of aromatic nitrogens is 2. The van der Waals surface area contributed by atoms with Crippen LogP contribution in [0.5, 0.6) is 0 Å². The number of nitrogens with zero attached hydrogens (tertiary/aromatic N) is 2. The fourth-order valence-corrected chi connectivity index (χ4v) is 1.72. The van der Waals surface area contributed by atoms with Crippen LogP contribution in [0, 0.1) is 0 Å². The summed E-state index contributed by atoms with van der Waals surface area (Å²) in [7, 11) is 0. The number of hydrogen-bond acceptors (Lipinski definition) is 2.